The lowest BCUT2D eigenvalue weighted by atomic mass is 10.0. The third-order valence-corrected chi connectivity index (χ3v) is 5.28. The van der Waals surface area contributed by atoms with Gasteiger partial charge in [0, 0.05) is 41.7 Å². The highest BCUT2D eigenvalue weighted by Gasteiger charge is 2.23. The minimum absolute atomic E-state index is 0.00432. The summed E-state index contributed by atoms with van der Waals surface area (Å²) < 4.78 is 19.7. The van der Waals surface area contributed by atoms with Gasteiger partial charge < -0.3 is 9.72 Å². The summed E-state index contributed by atoms with van der Waals surface area (Å²) in [5, 5.41) is 0.286. The number of ether oxygens (including phenoxy) is 1. The first-order valence-corrected chi connectivity index (χ1v) is 10.2. The summed E-state index contributed by atoms with van der Waals surface area (Å²) >= 11 is 0. The number of nitrogens with one attached hydrogen (secondary N) is 1. The SMILES string of the molecule is CCOC(=O)c1[nH]c2ccc(C3=C(C)CC(C(=O)CCc4ccncc4)=N3)cc2c1F. The number of carbonyl (C=O) groups is 2. The number of aromatic nitrogens is 2. The number of carbonyl (C=O) groups excluding carboxylic acids is 2. The molecule has 1 aromatic carbocycles. The van der Waals surface area contributed by atoms with Crippen LogP contribution in [0.25, 0.3) is 16.6 Å². The average molecular weight is 419 g/mol. The van der Waals surface area contributed by atoms with E-state index in [-0.39, 0.29) is 23.5 Å². The first kappa shape index (κ1) is 20.7. The van der Waals surface area contributed by atoms with Crippen LogP contribution in [0, 0.1) is 5.82 Å². The maximum absolute atomic E-state index is 14.8. The van der Waals surface area contributed by atoms with Crippen LogP contribution in [0.4, 0.5) is 4.39 Å². The van der Waals surface area contributed by atoms with Gasteiger partial charge in [-0.15, -0.1) is 0 Å². The number of rotatable bonds is 7. The maximum Gasteiger partial charge on any atom is 0.357 e. The molecule has 0 unspecified atom stereocenters. The molecule has 1 aliphatic heterocycles. The van der Waals surface area contributed by atoms with Crippen molar-refractivity contribution >= 4 is 34.1 Å². The van der Waals surface area contributed by atoms with Crippen LogP contribution >= 0.6 is 0 Å². The topological polar surface area (TPSA) is 84.4 Å². The molecule has 0 fully saturated rings. The molecule has 31 heavy (non-hydrogen) atoms. The van der Waals surface area contributed by atoms with Gasteiger partial charge in [-0.25, -0.2) is 14.2 Å². The van der Waals surface area contributed by atoms with Gasteiger partial charge in [-0.05, 0) is 55.7 Å². The molecular weight excluding hydrogens is 397 g/mol. The zero-order chi connectivity index (χ0) is 22.0. The summed E-state index contributed by atoms with van der Waals surface area (Å²) in [5.74, 6) is -1.37. The Kier molecular flexibility index (Phi) is 5.75. The summed E-state index contributed by atoms with van der Waals surface area (Å²) in [7, 11) is 0. The van der Waals surface area contributed by atoms with Crippen molar-refractivity contribution in [2.75, 3.05) is 6.61 Å². The molecule has 1 N–H and O–H groups in total. The fourth-order valence-corrected chi connectivity index (χ4v) is 3.68. The van der Waals surface area contributed by atoms with E-state index in [1.807, 2.05) is 19.1 Å². The number of ketones is 1. The van der Waals surface area contributed by atoms with Crippen LogP contribution in [0.1, 0.15) is 48.3 Å². The van der Waals surface area contributed by atoms with Crippen molar-refractivity contribution < 1.29 is 18.7 Å². The van der Waals surface area contributed by atoms with E-state index in [4.69, 9.17) is 4.74 Å². The highest BCUT2D eigenvalue weighted by Crippen LogP contribution is 2.32. The fourth-order valence-electron chi connectivity index (χ4n) is 3.68. The van der Waals surface area contributed by atoms with E-state index in [2.05, 4.69) is 15.0 Å². The first-order valence-electron chi connectivity index (χ1n) is 10.2. The molecule has 6 nitrogen and oxygen atoms in total. The van der Waals surface area contributed by atoms with Crippen LogP contribution in [0.5, 0.6) is 0 Å². The quantitative estimate of drug-likeness (QED) is 0.565. The number of fused-ring (bicyclic) bond motifs is 1. The van der Waals surface area contributed by atoms with Crippen LogP contribution in [0.2, 0.25) is 0 Å². The minimum atomic E-state index is -0.728. The van der Waals surface area contributed by atoms with E-state index in [1.54, 1.807) is 37.5 Å². The predicted octanol–water partition coefficient (Wildman–Crippen LogP) is 4.66. The van der Waals surface area contributed by atoms with E-state index >= 15 is 0 Å². The first-order chi connectivity index (χ1) is 15.0. The van der Waals surface area contributed by atoms with E-state index in [0.717, 1.165) is 11.1 Å². The molecular formula is C24H22FN3O3. The van der Waals surface area contributed by atoms with Gasteiger partial charge in [-0.1, -0.05) is 6.07 Å². The Labute approximate surface area is 178 Å². The van der Waals surface area contributed by atoms with E-state index in [0.29, 0.717) is 41.8 Å². The number of allylic oxidation sites excluding steroid dienone is 1. The molecule has 0 aliphatic carbocycles. The summed E-state index contributed by atoms with van der Waals surface area (Å²) in [6.07, 6.45) is 4.90. The number of aromatic amines is 1. The van der Waals surface area contributed by atoms with Gasteiger partial charge in [0.2, 0.25) is 0 Å². The Morgan fingerprint density at radius 1 is 1.19 bits per heavy atom. The molecule has 1 aliphatic rings. The predicted molar refractivity (Wildman–Crippen MR) is 116 cm³/mol. The molecule has 4 rings (SSSR count). The highest BCUT2D eigenvalue weighted by atomic mass is 19.1. The second-order valence-corrected chi connectivity index (χ2v) is 7.44. The molecule has 0 saturated heterocycles. The summed E-state index contributed by atoms with van der Waals surface area (Å²) in [6.45, 7) is 3.75. The van der Waals surface area contributed by atoms with Gasteiger partial charge in [-0.3, -0.25) is 9.78 Å². The number of hydrogen-bond donors (Lipinski definition) is 1. The number of aryl methyl sites for hydroxylation is 1. The number of H-pyrrole nitrogens is 1. The fraction of sp³-hybridized carbons (Fsp3) is 0.250. The lowest BCUT2D eigenvalue weighted by molar-refractivity contribution is -0.113. The number of esters is 1. The van der Waals surface area contributed by atoms with Gasteiger partial charge in [0.25, 0.3) is 0 Å². The lowest BCUT2D eigenvalue weighted by Crippen LogP contribution is -2.12. The van der Waals surface area contributed by atoms with Gasteiger partial charge >= 0.3 is 5.97 Å². The van der Waals surface area contributed by atoms with Crippen molar-refractivity contribution in [2.45, 2.75) is 33.1 Å². The average Bonchev–Trinajstić information content (AvgIpc) is 3.33. The Morgan fingerprint density at radius 3 is 2.71 bits per heavy atom. The Balaban J connectivity index is 1.56. The number of Topliss-reactive ketones (excluding diaryl/α,β-unsaturated/α-hetero) is 1. The van der Waals surface area contributed by atoms with E-state index < -0.39 is 11.8 Å². The molecule has 158 valence electrons. The minimum Gasteiger partial charge on any atom is -0.461 e. The Morgan fingerprint density at radius 2 is 1.97 bits per heavy atom. The molecule has 0 radical (unpaired) electrons. The van der Waals surface area contributed by atoms with Crippen molar-refractivity contribution in [3.8, 4) is 0 Å². The second kappa shape index (κ2) is 8.63. The van der Waals surface area contributed by atoms with E-state index in [9.17, 15) is 14.0 Å². The van der Waals surface area contributed by atoms with Crippen molar-refractivity contribution in [1.82, 2.24) is 9.97 Å². The van der Waals surface area contributed by atoms with Gasteiger partial charge in [0.1, 0.15) is 0 Å². The summed E-state index contributed by atoms with van der Waals surface area (Å²) in [4.78, 5) is 35.9. The van der Waals surface area contributed by atoms with Crippen molar-refractivity contribution in [3.63, 3.8) is 0 Å². The van der Waals surface area contributed by atoms with Crippen LogP contribution in [0.15, 0.2) is 53.3 Å². The van der Waals surface area contributed by atoms with Crippen molar-refractivity contribution in [3.05, 3.63) is 70.9 Å². The van der Waals surface area contributed by atoms with Crippen LogP contribution < -0.4 is 0 Å². The number of pyridine rings is 1. The normalized spacial score (nSPS) is 13.6. The summed E-state index contributed by atoms with van der Waals surface area (Å²) in [5.41, 5.74) is 4.21. The molecule has 7 heteroatoms. The molecule has 0 saturated carbocycles. The van der Waals surface area contributed by atoms with Gasteiger partial charge in [0.15, 0.2) is 17.3 Å². The van der Waals surface area contributed by atoms with Crippen LogP contribution in [-0.4, -0.2) is 34.0 Å². The van der Waals surface area contributed by atoms with E-state index in [1.165, 1.54) is 0 Å². The monoisotopic (exact) mass is 419 g/mol. The summed E-state index contributed by atoms with van der Waals surface area (Å²) in [6, 6.07) is 8.94. The Hall–Kier alpha value is -3.61. The highest BCUT2D eigenvalue weighted by molar-refractivity contribution is 6.42. The third kappa shape index (κ3) is 4.17. The molecule has 0 atom stereocenters. The van der Waals surface area contributed by atoms with Crippen molar-refractivity contribution in [2.24, 2.45) is 4.99 Å². The number of aliphatic imine (C=N–C) groups is 1. The zero-order valence-corrected chi connectivity index (χ0v) is 17.4. The standard InChI is InChI=1S/C24H22FN3O3/c1-3-31-24(30)23-21(25)17-13-16(5-6-18(17)27-23)22-14(2)12-19(28-22)20(29)7-4-15-8-10-26-11-9-15/h5-6,8-11,13,27H,3-4,7,12H2,1-2H3. The number of halogens is 1. The molecule has 0 spiro atoms. The Bertz CT molecular complexity index is 1230. The third-order valence-electron chi connectivity index (χ3n) is 5.28. The molecule has 0 amide bonds. The number of hydrogen-bond acceptors (Lipinski definition) is 5. The van der Waals surface area contributed by atoms with Gasteiger partial charge in [-0.2, -0.15) is 0 Å². The second-order valence-electron chi connectivity index (χ2n) is 7.44. The zero-order valence-electron chi connectivity index (χ0n) is 17.4. The number of benzene rings is 1. The molecule has 0 bridgehead atoms. The molecule has 3 aromatic rings. The number of nitrogens with zero attached hydrogens (tertiary/aromatic N) is 2. The van der Waals surface area contributed by atoms with Crippen LogP contribution in [0.3, 0.4) is 0 Å². The molecule has 2 aromatic heterocycles. The maximum atomic E-state index is 14.8. The largest absolute Gasteiger partial charge is 0.461 e. The van der Waals surface area contributed by atoms with Crippen LogP contribution in [-0.2, 0) is 16.0 Å². The molecule has 3 heterocycles. The van der Waals surface area contributed by atoms with Gasteiger partial charge in [0.05, 0.1) is 18.0 Å². The van der Waals surface area contributed by atoms with Crippen molar-refractivity contribution in [1.29, 1.82) is 0 Å². The smallest absolute Gasteiger partial charge is 0.357 e. The lowest BCUT2D eigenvalue weighted by Gasteiger charge is -2.02.